The Kier molecular flexibility index (Phi) is 6.08. The molecule has 0 saturated carbocycles. The van der Waals surface area contributed by atoms with Crippen molar-refractivity contribution in [3.63, 3.8) is 0 Å². The second kappa shape index (κ2) is 8.80. The summed E-state index contributed by atoms with van der Waals surface area (Å²) in [6, 6.07) is 11.9. The topological polar surface area (TPSA) is 73.8 Å². The fraction of sp³-hybridized carbons (Fsp3) is 0.227. The van der Waals surface area contributed by atoms with Gasteiger partial charge in [0.1, 0.15) is 5.82 Å². The van der Waals surface area contributed by atoms with E-state index in [1.807, 2.05) is 24.3 Å². The fourth-order valence-electron chi connectivity index (χ4n) is 3.55. The number of nitrogens with one attached hydrogen (secondary N) is 1. The van der Waals surface area contributed by atoms with Gasteiger partial charge in [-0.1, -0.05) is 41.4 Å². The van der Waals surface area contributed by atoms with Crippen LogP contribution in [0, 0.1) is 5.82 Å². The molecule has 0 atom stereocenters. The summed E-state index contributed by atoms with van der Waals surface area (Å²) < 4.78 is 18.4. The van der Waals surface area contributed by atoms with E-state index in [0.717, 1.165) is 10.1 Å². The molecule has 0 unspecified atom stereocenters. The van der Waals surface area contributed by atoms with E-state index in [9.17, 15) is 14.0 Å². The van der Waals surface area contributed by atoms with Gasteiger partial charge in [-0.15, -0.1) is 0 Å². The molecule has 166 valence electrons. The van der Waals surface area contributed by atoms with Gasteiger partial charge in [0.15, 0.2) is 11.2 Å². The Balaban J connectivity index is 1.78. The molecule has 0 amide bonds. The van der Waals surface area contributed by atoms with E-state index in [-0.39, 0.29) is 28.3 Å². The Morgan fingerprint density at radius 2 is 1.75 bits per heavy atom. The van der Waals surface area contributed by atoms with E-state index < -0.39 is 17.1 Å². The standard InChI is InChI=1S/C22H20Cl2FN5O2/c1-28-19-18(20(31)29(2)22(28)32)30(12-15-16(24)4-3-5-17(15)25)21(27-19)26-11-10-13-6-8-14(23)9-7-13/h3-9H,10-12H2,1-2H3,(H,26,27). The minimum absolute atomic E-state index is 0.0290. The Bertz CT molecular complexity index is 1400. The van der Waals surface area contributed by atoms with Crippen LogP contribution in [0.25, 0.3) is 11.2 Å². The molecule has 2 heterocycles. The van der Waals surface area contributed by atoms with Crippen LogP contribution >= 0.6 is 23.2 Å². The molecule has 0 saturated heterocycles. The van der Waals surface area contributed by atoms with E-state index in [2.05, 4.69) is 10.3 Å². The lowest BCUT2D eigenvalue weighted by molar-refractivity contribution is 0.601. The smallest absolute Gasteiger partial charge is 0.332 e. The number of nitrogens with zero attached hydrogens (tertiary/aromatic N) is 4. The molecule has 4 rings (SSSR count). The lowest BCUT2D eigenvalue weighted by Crippen LogP contribution is -2.37. The van der Waals surface area contributed by atoms with Gasteiger partial charge >= 0.3 is 5.69 Å². The van der Waals surface area contributed by atoms with E-state index in [4.69, 9.17) is 23.2 Å². The molecular formula is C22H20Cl2FN5O2. The molecule has 0 aliphatic heterocycles. The van der Waals surface area contributed by atoms with Crippen LogP contribution in [0.5, 0.6) is 0 Å². The number of halogens is 3. The average molecular weight is 476 g/mol. The Labute approximate surface area is 192 Å². The van der Waals surface area contributed by atoms with Crippen molar-refractivity contribution in [2.24, 2.45) is 14.1 Å². The first-order chi connectivity index (χ1) is 15.3. The highest BCUT2D eigenvalue weighted by molar-refractivity contribution is 6.31. The summed E-state index contributed by atoms with van der Waals surface area (Å²) in [4.78, 5) is 29.8. The summed E-state index contributed by atoms with van der Waals surface area (Å²) in [7, 11) is 2.93. The molecule has 0 fully saturated rings. The van der Waals surface area contributed by atoms with Crippen LogP contribution in [-0.2, 0) is 27.1 Å². The highest BCUT2D eigenvalue weighted by Gasteiger charge is 2.21. The normalized spacial score (nSPS) is 11.3. The van der Waals surface area contributed by atoms with Gasteiger partial charge in [0.2, 0.25) is 5.95 Å². The summed E-state index contributed by atoms with van der Waals surface area (Å²) in [6.07, 6.45) is 0.664. The van der Waals surface area contributed by atoms with E-state index in [1.165, 1.54) is 30.8 Å². The number of hydrogen-bond donors (Lipinski definition) is 1. The van der Waals surface area contributed by atoms with E-state index in [0.29, 0.717) is 23.9 Å². The molecule has 0 aliphatic rings. The average Bonchev–Trinajstić information content (AvgIpc) is 3.13. The number of imidazole rings is 1. The molecule has 0 radical (unpaired) electrons. The van der Waals surface area contributed by atoms with Crippen LogP contribution in [-0.4, -0.2) is 25.2 Å². The number of rotatable bonds is 6. The number of aryl methyl sites for hydroxylation is 1. The SMILES string of the molecule is Cn1c(=O)c2c(nc(NCCc3ccc(Cl)cc3)n2Cc2c(F)cccc2Cl)n(C)c1=O. The zero-order chi connectivity index (χ0) is 23.0. The predicted molar refractivity (Wildman–Crippen MR) is 124 cm³/mol. The summed E-state index contributed by atoms with van der Waals surface area (Å²) in [5, 5.41) is 4.10. The highest BCUT2D eigenvalue weighted by atomic mass is 35.5. The van der Waals surface area contributed by atoms with Gasteiger partial charge in [-0.3, -0.25) is 18.5 Å². The second-order valence-corrected chi connectivity index (χ2v) is 8.25. The van der Waals surface area contributed by atoms with Crippen molar-refractivity contribution in [1.29, 1.82) is 0 Å². The number of aromatic nitrogens is 4. The van der Waals surface area contributed by atoms with Crippen LogP contribution in [0.15, 0.2) is 52.1 Å². The summed E-state index contributed by atoms with van der Waals surface area (Å²) >= 11 is 12.2. The van der Waals surface area contributed by atoms with Crippen molar-refractivity contribution in [1.82, 2.24) is 18.7 Å². The largest absolute Gasteiger partial charge is 0.355 e. The zero-order valence-electron chi connectivity index (χ0n) is 17.4. The Morgan fingerprint density at radius 3 is 2.44 bits per heavy atom. The minimum atomic E-state index is -0.520. The van der Waals surface area contributed by atoms with Crippen molar-refractivity contribution in [3.8, 4) is 0 Å². The maximum Gasteiger partial charge on any atom is 0.332 e. The molecule has 0 aliphatic carbocycles. The van der Waals surface area contributed by atoms with Crippen LogP contribution in [0.3, 0.4) is 0 Å². The number of anilines is 1. The van der Waals surface area contributed by atoms with Crippen LogP contribution < -0.4 is 16.6 Å². The van der Waals surface area contributed by atoms with Gasteiger partial charge in [-0.25, -0.2) is 9.18 Å². The van der Waals surface area contributed by atoms with Gasteiger partial charge in [-0.2, -0.15) is 4.98 Å². The molecule has 10 heteroatoms. The van der Waals surface area contributed by atoms with Crippen molar-refractivity contribution in [2.75, 3.05) is 11.9 Å². The molecule has 0 bridgehead atoms. The molecule has 0 spiro atoms. The number of benzene rings is 2. The lowest BCUT2D eigenvalue weighted by atomic mass is 10.1. The predicted octanol–water partition coefficient (Wildman–Crippen LogP) is 3.58. The monoisotopic (exact) mass is 475 g/mol. The third kappa shape index (κ3) is 4.03. The van der Waals surface area contributed by atoms with Gasteiger partial charge in [0.05, 0.1) is 6.54 Å². The fourth-order valence-corrected chi connectivity index (χ4v) is 3.90. The summed E-state index contributed by atoms with van der Waals surface area (Å²) in [5.41, 5.74) is 0.662. The Morgan fingerprint density at radius 1 is 1.03 bits per heavy atom. The molecule has 2 aromatic heterocycles. The van der Waals surface area contributed by atoms with E-state index in [1.54, 1.807) is 10.6 Å². The summed E-state index contributed by atoms with van der Waals surface area (Å²) in [5.74, 6) is -0.153. The maximum absolute atomic E-state index is 14.5. The van der Waals surface area contributed by atoms with Gasteiger partial charge < -0.3 is 5.32 Å². The highest BCUT2D eigenvalue weighted by Crippen LogP contribution is 2.24. The number of hydrogen-bond acceptors (Lipinski definition) is 4. The third-order valence-corrected chi connectivity index (χ3v) is 5.94. The molecule has 2 aromatic carbocycles. The van der Waals surface area contributed by atoms with Crippen LogP contribution in [0.1, 0.15) is 11.1 Å². The second-order valence-electron chi connectivity index (χ2n) is 7.40. The van der Waals surface area contributed by atoms with Crippen molar-refractivity contribution in [3.05, 3.63) is 90.3 Å². The van der Waals surface area contributed by atoms with Crippen molar-refractivity contribution >= 4 is 40.3 Å². The first-order valence-corrected chi connectivity index (χ1v) is 10.6. The first kappa shape index (κ1) is 22.1. The molecule has 1 N–H and O–H groups in total. The third-order valence-electron chi connectivity index (χ3n) is 5.34. The van der Waals surface area contributed by atoms with Crippen LogP contribution in [0.2, 0.25) is 10.0 Å². The van der Waals surface area contributed by atoms with Gasteiger partial charge in [0.25, 0.3) is 5.56 Å². The molecule has 4 aromatic rings. The zero-order valence-corrected chi connectivity index (χ0v) is 18.9. The molecular weight excluding hydrogens is 456 g/mol. The summed E-state index contributed by atoms with van der Waals surface area (Å²) in [6.45, 7) is 0.461. The first-order valence-electron chi connectivity index (χ1n) is 9.85. The van der Waals surface area contributed by atoms with Crippen molar-refractivity contribution in [2.45, 2.75) is 13.0 Å². The van der Waals surface area contributed by atoms with Gasteiger partial charge in [0, 0.05) is 36.2 Å². The van der Waals surface area contributed by atoms with E-state index >= 15 is 0 Å². The van der Waals surface area contributed by atoms with Crippen LogP contribution in [0.4, 0.5) is 10.3 Å². The van der Waals surface area contributed by atoms with Gasteiger partial charge in [-0.05, 0) is 36.2 Å². The minimum Gasteiger partial charge on any atom is -0.355 e. The maximum atomic E-state index is 14.5. The number of fused-ring (bicyclic) bond motifs is 1. The molecule has 7 nitrogen and oxygen atoms in total. The molecule has 32 heavy (non-hydrogen) atoms. The quantitative estimate of drug-likeness (QED) is 0.462. The van der Waals surface area contributed by atoms with Crippen molar-refractivity contribution < 1.29 is 4.39 Å². The Hall–Kier alpha value is -3.10. The lowest BCUT2D eigenvalue weighted by Gasteiger charge is -2.13.